The molecule has 0 saturated heterocycles. The molecule has 0 atom stereocenters. The summed E-state index contributed by atoms with van der Waals surface area (Å²) in [6, 6.07) is 46.4. The number of aromatic nitrogens is 2. The van der Waals surface area contributed by atoms with Crippen molar-refractivity contribution in [1.82, 2.24) is 9.13 Å². The molecule has 8 rings (SSSR count). The molecule has 0 bridgehead atoms. The second-order valence-corrected chi connectivity index (χ2v) is 11.4. The Kier molecular flexibility index (Phi) is 6.40. The largest absolute Gasteiger partial charge is 0.504 e. The first-order valence-corrected chi connectivity index (χ1v) is 15.1. The van der Waals surface area contributed by atoms with Crippen molar-refractivity contribution in [3.05, 3.63) is 140 Å². The number of aromatic hydroxyl groups is 5. The average molecular weight is 617 g/mol. The molecule has 0 aliphatic carbocycles. The van der Waals surface area contributed by atoms with Gasteiger partial charge in [-0.25, -0.2) is 0 Å². The van der Waals surface area contributed by atoms with E-state index in [1.54, 1.807) is 6.07 Å². The smallest absolute Gasteiger partial charge is 0.208 e. The summed E-state index contributed by atoms with van der Waals surface area (Å²) in [5.74, 6) is -4.35. The van der Waals surface area contributed by atoms with Gasteiger partial charge in [-0.1, -0.05) is 78.9 Å². The van der Waals surface area contributed by atoms with E-state index in [9.17, 15) is 25.5 Å². The van der Waals surface area contributed by atoms with Crippen LogP contribution in [0.25, 0.3) is 66.8 Å². The molecule has 0 amide bonds. The van der Waals surface area contributed by atoms with Gasteiger partial charge >= 0.3 is 0 Å². The van der Waals surface area contributed by atoms with Gasteiger partial charge in [-0.2, -0.15) is 0 Å². The molecule has 0 spiro atoms. The predicted octanol–water partition coefficient (Wildman–Crippen LogP) is 9.10. The van der Waals surface area contributed by atoms with Crippen LogP contribution < -0.4 is 0 Å². The molecular weight excluding hydrogens is 588 g/mol. The third-order valence-electron chi connectivity index (χ3n) is 8.66. The summed E-state index contributed by atoms with van der Waals surface area (Å²) >= 11 is 0. The fraction of sp³-hybridized carbons (Fsp3) is 0. The summed E-state index contributed by atoms with van der Waals surface area (Å²) in [6.07, 6.45) is 0. The highest BCUT2D eigenvalue weighted by molar-refractivity contribution is 5.97. The summed E-state index contributed by atoms with van der Waals surface area (Å²) in [4.78, 5) is 0. The van der Waals surface area contributed by atoms with E-state index in [1.807, 2.05) is 89.5 Å². The number of benzene rings is 6. The number of para-hydroxylation sites is 2. The molecule has 0 aliphatic rings. The molecule has 6 aromatic carbocycles. The summed E-state index contributed by atoms with van der Waals surface area (Å²) < 4.78 is 4.09. The minimum atomic E-state index is -1.000. The highest BCUT2D eigenvalue weighted by Crippen LogP contribution is 2.55. The van der Waals surface area contributed by atoms with Crippen LogP contribution >= 0.6 is 0 Å². The van der Waals surface area contributed by atoms with Gasteiger partial charge in [-0.05, 0) is 77.4 Å². The van der Waals surface area contributed by atoms with E-state index in [0.29, 0.717) is 5.69 Å². The third kappa shape index (κ3) is 4.44. The van der Waals surface area contributed by atoms with Crippen molar-refractivity contribution in [2.75, 3.05) is 0 Å². The molecule has 7 heteroatoms. The Bertz CT molecular complexity index is 2420. The van der Waals surface area contributed by atoms with E-state index in [4.69, 9.17) is 0 Å². The van der Waals surface area contributed by atoms with E-state index in [0.717, 1.165) is 55.6 Å². The van der Waals surface area contributed by atoms with Crippen molar-refractivity contribution in [3.63, 3.8) is 0 Å². The van der Waals surface area contributed by atoms with Crippen molar-refractivity contribution in [3.8, 4) is 73.8 Å². The number of nitrogens with zero attached hydrogens (tertiary/aromatic N) is 2. The number of rotatable bonds is 5. The lowest BCUT2D eigenvalue weighted by atomic mass is 10.0. The molecule has 7 nitrogen and oxygen atoms in total. The monoisotopic (exact) mass is 616 g/mol. The van der Waals surface area contributed by atoms with Gasteiger partial charge in [0, 0.05) is 22.1 Å². The molecule has 2 heterocycles. The standard InChI is InChI=1S/C40H28N2O5/c43-36-35(37(44)39(46)40(47)38(36)45)34-23-28-21-26(17-19-32(28)42(34)30-14-8-3-9-15-30)25-16-18-31-27(20-25)22-33(24-10-4-1-5-11-24)41(31)29-12-6-2-7-13-29/h1-23,43-47H. The average Bonchev–Trinajstić information content (AvgIpc) is 3.69. The summed E-state index contributed by atoms with van der Waals surface area (Å²) in [7, 11) is 0. The Balaban J connectivity index is 1.32. The lowest BCUT2D eigenvalue weighted by molar-refractivity contribution is 0.330. The molecule has 0 saturated carbocycles. The minimum Gasteiger partial charge on any atom is -0.504 e. The van der Waals surface area contributed by atoms with Gasteiger partial charge in [0.2, 0.25) is 17.2 Å². The van der Waals surface area contributed by atoms with E-state index in [2.05, 4.69) is 53.1 Å². The molecule has 0 fully saturated rings. The number of fused-ring (bicyclic) bond motifs is 2. The van der Waals surface area contributed by atoms with Gasteiger partial charge in [0.05, 0.1) is 28.0 Å². The SMILES string of the molecule is Oc1c(O)c(O)c(-c2cc3cc(-c4ccc5c(c4)cc(-c4ccccc4)n5-c4ccccc4)ccc3n2-c2ccccc2)c(O)c1O. The number of phenols is 5. The van der Waals surface area contributed by atoms with E-state index in [1.165, 1.54) is 0 Å². The number of phenolic OH excluding ortho intramolecular Hbond substituents is 5. The van der Waals surface area contributed by atoms with Gasteiger partial charge in [0.25, 0.3) is 0 Å². The van der Waals surface area contributed by atoms with Gasteiger partial charge in [-0.3, -0.25) is 0 Å². The zero-order valence-corrected chi connectivity index (χ0v) is 24.9. The molecule has 2 aromatic heterocycles. The lowest BCUT2D eigenvalue weighted by Gasteiger charge is -2.15. The topological polar surface area (TPSA) is 111 Å². The van der Waals surface area contributed by atoms with E-state index >= 15 is 0 Å². The molecule has 8 aromatic rings. The lowest BCUT2D eigenvalue weighted by Crippen LogP contribution is -1.97. The zero-order valence-electron chi connectivity index (χ0n) is 24.9. The summed E-state index contributed by atoms with van der Waals surface area (Å²) in [6.45, 7) is 0. The molecule has 47 heavy (non-hydrogen) atoms. The van der Waals surface area contributed by atoms with Crippen molar-refractivity contribution < 1.29 is 25.5 Å². The second-order valence-electron chi connectivity index (χ2n) is 11.4. The number of hydrogen-bond acceptors (Lipinski definition) is 5. The molecule has 0 radical (unpaired) electrons. The van der Waals surface area contributed by atoms with Crippen LogP contribution in [0.4, 0.5) is 0 Å². The Labute approximate surface area is 269 Å². The number of hydrogen-bond donors (Lipinski definition) is 5. The van der Waals surface area contributed by atoms with Crippen molar-refractivity contribution in [2.24, 2.45) is 0 Å². The Morgan fingerprint density at radius 2 is 0.745 bits per heavy atom. The first-order chi connectivity index (χ1) is 22.9. The van der Waals surface area contributed by atoms with Crippen LogP contribution in [0.15, 0.2) is 140 Å². The Hall–Kier alpha value is -6.60. The van der Waals surface area contributed by atoms with Gasteiger partial charge in [0.1, 0.15) is 0 Å². The minimum absolute atomic E-state index is 0.212. The zero-order chi connectivity index (χ0) is 32.2. The molecule has 228 valence electrons. The Morgan fingerprint density at radius 3 is 1.23 bits per heavy atom. The van der Waals surface area contributed by atoms with Crippen LogP contribution in [-0.2, 0) is 0 Å². The van der Waals surface area contributed by atoms with Crippen LogP contribution in [0.1, 0.15) is 0 Å². The quantitative estimate of drug-likeness (QED) is 0.0979. The van der Waals surface area contributed by atoms with E-state index in [-0.39, 0.29) is 5.56 Å². The maximum Gasteiger partial charge on any atom is 0.208 e. The summed E-state index contributed by atoms with van der Waals surface area (Å²) in [5, 5.41) is 54.3. The highest BCUT2D eigenvalue weighted by Gasteiger charge is 2.27. The highest BCUT2D eigenvalue weighted by atomic mass is 16.4. The van der Waals surface area contributed by atoms with Crippen LogP contribution in [0.2, 0.25) is 0 Å². The first kappa shape index (κ1) is 27.9. The maximum atomic E-state index is 10.9. The van der Waals surface area contributed by atoms with Gasteiger partial charge in [-0.15, -0.1) is 0 Å². The molecular formula is C40H28N2O5. The van der Waals surface area contributed by atoms with Crippen LogP contribution in [0, 0.1) is 0 Å². The second kappa shape index (κ2) is 10.8. The van der Waals surface area contributed by atoms with Crippen LogP contribution in [0.3, 0.4) is 0 Å². The van der Waals surface area contributed by atoms with Crippen LogP contribution in [0.5, 0.6) is 28.7 Å². The van der Waals surface area contributed by atoms with Crippen LogP contribution in [-0.4, -0.2) is 34.7 Å². The van der Waals surface area contributed by atoms with Gasteiger partial charge in [0.15, 0.2) is 11.5 Å². The van der Waals surface area contributed by atoms with Gasteiger partial charge < -0.3 is 34.7 Å². The summed E-state index contributed by atoms with van der Waals surface area (Å²) in [5.41, 5.74) is 7.91. The first-order valence-electron chi connectivity index (χ1n) is 15.1. The fourth-order valence-electron chi connectivity index (χ4n) is 6.43. The Morgan fingerprint density at radius 1 is 0.340 bits per heavy atom. The van der Waals surface area contributed by atoms with Crippen molar-refractivity contribution in [1.29, 1.82) is 0 Å². The van der Waals surface area contributed by atoms with Crippen molar-refractivity contribution in [2.45, 2.75) is 0 Å². The predicted molar refractivity (Wildman–Crippen MR) is 185 cm³/mol. The maximum absolute atomic E-state index is 10.9. The third-order valence-corrected chi connectivity index (χ3v) is 8.66. The van der Waals surface area contributed by atoms with Crippen molar-refractivity contribution >= 4 is 21.8 Å². The molecule has 0 unspecified atom stereocenters. The van der Waals surface area contributed by atoms with E-state index < -0.39 is 28.7 Å². The fourth-order valence-corrected chi connectivity index (χ4v) is 6.43. The molecule has 0 aliphatic heterocycles. The molecule has 5 N–H and O–H groups in total. The normalized spacial score (nSPS) is 11.4.